The predicted molar refractivity (Wildman–Crippen MR) is 122 cm³/mol. The maximum Gasteiger partial charge on any atom is 0.126 e. The summed E-state index contributed by atoms with van der Waals surface area (Å²) >= 11 is 0. The van der Waals surface area contributed by atoms with Crippen LogP contribution in [0, 0.1) is 12.8 Å². The van der Waals surface area contributed by atoms with E-state index < -0.39 is 5.60 Å². The summed E-state index contributed by atoms with van der Waals surface area (Å²) in [5, 5.41) is 12.1. The van der Waals surface area contributed by atoms with Gasteiger partial charge >= 0.3 is 0 Å². The lowest BCUT2D eigenvalue weighted by Crippen LogP contribution is -2.50. The van der Waals surface area contributed by atoms with Crippen molar-refractivity contribution >= 4 is 6.08 Å². The van der Waals surface area contributed by atoms with Gasteiger partial charge in [0.05, 0.1) is 11.9 Å². The van der Waals surface area contributed by atoms with Crippen LogP contribution in [0.4, 0.5) is 0 Å². The van der Waals surface area contributed by atoms with E-state index in [2.05, 4.69) is 54.1 Å². The summed E-state index contributed by atoms with van der Waals surface area (Å²) < 4.78 is 5.57. The number of aryl methyl sites for hydroxylation is 1. The molecule has 1 N–H and O–H groups in total. The van der Waals surface area contributed by atoms with Gasteiger partial charge in [0.25, 0.3) is 0 Å². The standard InChI is InChI=1S/C26H36N2O2/c1-21-6-3-7-22(16-21)18-26(29)19-23(17-25-10-5-15-30-25)8-4-9-24(26)20-28-13-11-27(2)12-14-28/h3,5-7,10,15-17,24,29H,4,8-9,11-14,18-20H2,1-2H3. The first-order valence-electron chi connectivity index (χ1n) is 11.4. The first-order chi connectivity index (χ1) is 14.5. The van der Waals surface area contributed by atoms with Crippen LogP contribution >= 0.6 is 0 Å². The number of rotatable bonds is 5. The van der Waals surface area contributed by atoms with Crippen LogP contribution in [0.2, 0.25) is 0 Å². The molecule has 1 aliphatic heterocycles. The average Bonchev–Trinajstić information content (AvgIpc) is 3.16. The van der Waals surface area contributed by atoms with E-state index in [0.717, 1.165) is 64.2 Å². The molecule has 2 heterocycles. The molecule has 4 rings (SSSR count). The Morgan fingerprint density at radius 3 is 2.73 bits per heavy atom. The highest BCUT2D eigenvalue weighted by atomic mass is 16.3. The maximum atomic E-state index is 12.1. The van der Waals surface area contributed by atoms with E-state index in [4.69, 9.17) is 4.42 Å². The molecule has 4 heteroatoms. The van der Waals surface area contributed by atoms with Crippen molar-refractivity contribution in [3.05, 3.63) is 65.1 Å². The molecule has 0 bridgehead atoms. The Labute approximate surface area is 181 Å². The SMILES string of the molecule is Cc1cccc(CC2(O)CC(=Cc3ccco3)CCCC2CN2CCN(C)CC2)c1. The fourth-order valence-electron chi connectivity index (χ4n) is 5.15. The van der Waals surface area contributed by atoms with Crippen LogP contribution in [-0.4, -0.2) is 60.3 Å². The molecule has 162 valence electrons. The van der Waals surface area contributed by atoms with E-state index in [9.17, 15) is 5.11 Å². The second-order valence-electron chi connectivity index (χ2n) is 9.46. The van der Waals surface area contributed by atoms with Crippen molar-refractivity contribution in [3.63, 3.8) is 0 Å². The first kappa shape index (κ1) is 21.4. The molecule has 0 spiro atoms. The molecule has 1 aromatic carbocycles. The zero-order valence-electron chi connectivity index (χ0n) is 18.5. The normalized spacial score (nSPS) is 28.0. The Balaban J connectivity index is 1.58. The molecule has 1 saturated heterocycles. The summed E-state index contributed by atoms with van der Waals surface area (Å²) in [6, 6.07) is 12.6. The molecule has 1 saturated carbocycles. The zero-order chi connectivity index (χ0) is 21.0. The molecule has 2 fully saturated rings. The van der Waals surface area contributed by atoms with Crippen LogP contribution in [0.1, 0.15) is 42.6 Å². The monoisotopic (exact) mass is 408 g/mol. The third-order valence-corrected chi connectivity index (χ3v) is 6.90. The fraction of sp³-hybridized carbons (Fsp3) is 0.538. The summed E-state index contributed by atoms with van der Waals surface area (Å²) in [4.78, 5) is 4.96. The molecule has 2 aliphatic rings. The van der Waals surface area contributed by atoms with Gasteiger partial charge in [-0.3, -0.25) is 0 Å². The minimum Gasteiger partial charge on any atom is -0.465 e. The number of likely N-dealkylation sites (N-methyl/N-ethyl adjacent to an activating group) is 1. The van der Waals surface area contributed by atoms with Crippen LogP contribution in [0.5, 0.6) is 0 Å². The highest BCUT2D eigenvalue weighted by molar-refractivity contribution is 5.48. The maximum absolute atomic E-state index is 12.1. The van der Waals surface area contributed by atoms with Crippen LogP contribution in [0.15, 0.2) is 52.7 Å². The Kier molecular flexibility index (Phi) is 6.77. The second-order valence-corrected chi connectivity index (χ2v) is 9.46. The predicted octanol–water partition coefficient (Wildman–Crippen LogP) is 4.38. The Hall–Kier alpha value is -1.88. The first-order valence-corrected chi connectivity index (χ1v) is 11.4. The molecule has 0 radical (unpaired) electrons. The van der Waals surface area contributed by atoms with Crippen LogP contribution in [0.25, 0.3) is 6.08 Å². The second kappa shape index (κ2) is 9.51. The summed E-state index contributed by atoms with van der Waals surface area (Å²) in [5.74, 6) is 1.17. The molecule has 4 nitrogen and oxygen atoms in total. The largest absolute Gasteiger partial charge is 0.465 e. The van der Waals surface area contributed by atoms with E-state index >= 15 is 0 Å². The minimum absolute atomic E-state index is 0.281. The van der Waals surface area contributed by atoms with Crippen LogP contribution in [-0.2, 0) is 6.42 Å². The number of furan rings is 1. The van der Waals surface area contributed by atoms with Gasteiger partial charge in [0, 0.05) is 45.1 Å². The molecule has 2 unspecified atom stereocenters. The number of benzene rings is 1. The van der Waals surface area contributed by atoms with Gasteiger partial charge in [-0.15, -0.1) is 0 Å². The Bertz CT molecular complexity index is 836. The molecule has 0 amide bonds. The quantitative estimate of drug-likeness (QED) is 0.745. The third-order valence-electron chi connectivity index (χ3n) is 6.90. The van der Waals surface area contributed by atoms with Crippen molar-refractivity contribution in [3.8, 4) is 0 Å². The van der Waals surface area contributed by atoms with Crippen molar-refractivity contribution in [2.24, 2.45) is 5.92 Å². The van der Waals surface area contributed by atoms with Gasteiger partial charge in [-0.2, -0.15) is 0 Å². The lowest BCUT2D eigenvalue weighted by molar-refractivity contribution is -0.0347. The lowest BCUT2D eigenvalue weighted by Gasteiger charge is -2.41. The molecular formula is C26H36N2O2. The zero-order valence-corrected chi connectivity index (χ0v) is 18.5. The van der Waals surface area contributed by atoms with E-state index in [1.807, 2.05) is 12.1 Å². The summed E-state index contributed by atoms with van der Waals surface area (Å²) in [7, 11) is 2.20. The van der Waals surface area contributed by atoms with Crippen molar-refractivity contribution < 1.29 is 9.52 Å². The summed E-state index contributed by atoms with van der Waals surface area (Å²) in [5.41, 5.74) is 3.07. The smallest absolute Gasteiger partial charge is 0.126 e. The van der Waals surface area contributed by atoms with E-state index in [1.165, 1.54) is 16.7 Å². The molecule has 30 heavy (non-hydrogen) atoms. The van der Waals surface area contributed by atoms with Crippen LogP contribution < -0.4 is 0 Å². The van der Waals surface area contributed by atoms with Gasteiger partial charge in [0.1, 0.15) is 5.76 Å². The number of nitrogens with zero attached hydrogens (tertiary/aromatic N) is 2. The number of hydrogen-bond acceptors (Lipinski definition) is 4. The van der Waals surface area contributed by atoms with E-state index in [-0.39, 0.29) is 5.92 Å². The van der Waals surface area contributed by atoms with Crippen molar-refractivity contribution in [2.45, 2.75) is 44.6 Å². The van der Waals surface area contributed by atoms with Gasteiger partial charge in [0.2, 0.25) is 0 Å². The third kappa shape index (κ3) is 5.42. The Morgan fingerprint density at radius 2 is 2.00 bits per heavy atom. The number of aliphatic hydroxyl groups is 1. The lowest BCUT2D eigenvalue weighted by atomic mass is 9.77. The minimum atomic E-state index is -0.730. The Morgan fingerprint density at radius 1 is 1.17 bits per heavy atom. The number of piperazine rings is 1. The summed E-state index contributed by atoms with van der Waals surface area (Å²) in [6.45, 7) is 7.55. The van der Waals surface area contributed by atoms with Gasteiger partial charge in [-0.1, -0.05) is 35.4 Å². The summed E-state index contributed by atoms with van der Waals surface area (Å²) in [6.07, 6.45) is 8.54. The molecule has 1 aromatic heterocycles. The topological polar surface area (TPSA) is 39.9 Å². The van der Waals surface area contributed by atoms with Crippen LogP contribution in [0.3, 0.4) is 0 Å². The van der Waals surface area contributed by atoms with E-state index in [0.29, 0.717) is 6.42 Å². The van der Waals surface area contributed by atoms with Crippen molar-refractivity contribution in [1.82, 2.24) is 9.80 Å². The van der Waals surface area contributed by atoms with Gasteiger partial charge < -0.3 is 19.3 Å². The fourth-order valence-corrected chi connectivity index (χ4v) is 5.15. The molecule has 2 aromatic rings. The number of hydrogen-bond donors (Lipinski definition) is 1. The average molecular weight is 409 g/mol. The van der Waals surface area contributed by atoms with Gasteiger partial charge in [-0.25, -0.2) is 0 Å². The molecule has 2 atom stereocenters. The highest BCUT2D eigenvalue weighted by Gasteiger charge is 2.40. The van der Waals surface area contributed by atoms with Gasteiger partial charge in [-0.05, 0) is 63.4 Å². The molecule has 1 aliphatic carbocycles. The van der Waals surface area contributed by atoms with Gasteiger partial charge in [0.15, 0.2) is 0 Å². The van der Waals surface area contributed by atoms with Crippen molar-refractivity contribution in [2.75, 3.05) is 39.8 Å². The van der Waals surface area contributed by atoms with Crippen molar-refractivity contribution in [1.29, 1.82) is 0 Å². The highest BCUT2D eigenvalue weighted by Crippen LogP contribution is 2.39. The van der Waals surface area contributed by atoms with E-state index in [1.54, 1.807) is 6.26 Å². The molecular weight excluding hydrogens is 372 g/mol.